The first-order valence-corrected chi connectivity index (χ1v) is 15.3. The lowest BCUT2D eigenvalue weighted by molar-refractivity contribution is 0.0147. The number of terminal acetylenes is 1. The molecule has 210 valence electrons. The highest BCUT2D eigenvalue weighted by Crippen LogP contribution is 2.47. The smallest absolute Gasteiger partial charge is 0.337 e. The van der Waals surface area contributed by atoms with Crippen LogP contribution in [0.2, 0.25) is 10.0 Å². The van der Waals surface area contributed by atoms with Crippen LogP contribution in [0.3, 0.4) is 0 Å². The van der Waals surface area contributed by atoms with Gasteiger partial charge in [0.05, 0.1) is 51.2 Å². The van der Waals surface area contributed by atoms with Gasteiger partial charge in [0.1, 0.15) is 11.5 Å². The average molecular weight is 609 g/mol. The van der Waals surface area contributed by atoms with Crippen LogP contribution in [-0.4, -0.2) is 41.4 Å². The van der Waals surface area contributed by atoms with Gasteiger partial charge in [-0.25, -0.2) is 9.78 Å². The lowest BCUT2D eigenvalue weighted by Gasteiger charge is -2.38. The third-order valence-corrected chi connectivity index (χ3v) is 10.0. The lowest BCUT2D eigenvalue weighted by Crippen LogP contribution is -2.45. The molecule has 2 bridgehead atoms. The maximum Gasteiger partial charge on any atom is 0.337 e. The second kappa shape index (κ2) is 10.6. The number of anilines is 1. The number of carbonyl (C=O) groups is 1. The maximum atomic E-state index is 12.2. The van der Waals surface area contributed by atoms with Gasteiger partial charge in [-0.3, -0.25) is 0 Å². The molecule has 0 amide bonds. The number of thiazole rings is 1. The van der Waals surface area contributed by atoms with E-state index in [0.717, 1.165) is 65.2 Å². The van der Waals surface area contributed by atoms with Crippen LogP contribution >= 0.6 is 34.5 Å². The number of methoxy groups -OCH3 is 1. The summed E-state index contributed by atoms with van der Waals surface area (Å²) in [6.45, 7) is 0.402. The Morgan fingerprint density at radius 1 is 1.17 bits per heavy atom. The Bertz CT molecular complexity index is 1670. The minimum Gasteiger partial charge on any atom is -0.465 e. The number of ether oxygens (including phenoxy) is 2. The Labute approximate surface area is 251 Å². The van der Waals surface area contributed by atoms with Crippen LogP contribution in [0.1, 0.15) is 71.7 Å². The van der Waals surface area contributed by atoms with Crippen LogP contribution < -0.4 is 4.90 Å². The molecule has 2 aliphatic heterocycles. The number of piperidine rings is 1. The van der Waals surface area contributed by atoms with Crippen LogP contribution in [0.15, 0.2) is 34.9 Å². The number of halogens is 2. The van der Waals surface area contributed by atoms with E-state index in [-0.39, 0.29) is 6.10 Å². The number of fused-ring (bicyclic) bond motifs is 3. The van der Waals surface area contributed by atoms with E-state index in [0.29, 0.717) is 57.0 Å². The molecule has 1 saturated carbocycles. The Morgan fingerprint density at radius 2 is 1.90 bits per heavy atom. The normalized spacial score (nSPS) is 21.8. The van der Waals surface area contributed by atoms with Crippen molar-refractivity contribution < 1.29 is 18.8 Å². The largest absolute Gasteiger partial charge is 0.465 e. The summed E-state index contributed by atoms with van der Waals surface area (Å²) in [5, 5.41) is 6.43. The molecule has 1 aliphatic carbocycles. The number of esters is 1. The van der Waals surface area contributed by atoms with Crippen LogP contribution in [0.5, 0.6) is 0 Å². The van der Waals surface area contributed by atoms with Crippen molar-refractivity contribution >= 4 is 55.9 Å². The number of benzene rings is 2. The summed E-state index contributed by atoms with van der Waals surface area (Å²) in [6.07, 6.45) is 12.0. The molecule has 0 radical (unpaired) electrons. The highest BCUT2D eigenvalue weighted by molar-refractivity contribution is 7.22. The molecule has 2 aromatic heterocycles. The summed E-state index contributed by atoms with van der Waals surface area (Å²) >= 11 is 14.7. The minimum absolute atomic E-state index is 0.0989. The fourth-order valence-corrected chi connectivity index (χ4v) is 8.05. The molecule has 7 rings (SSSR count). The van der Waals surface area contributed by atoms with Crippen LogP contribution in [0.4, 0.5) is 5.13 Å². The van der Waals surface area contributed by atoms with Crippen molar-refractivity contribution in [1.82, 2.24) is 10.1 Å². The van der Waals surface area contributed by atoms with Crippen molar-refractivity contribution in [2.24, 2.45) is 0 Å². The number of aromatic nitrogens is 2. The molecule has 0 spiro atoms. The summed E-state index contributed by atoms with van der Waals surface area (Å²) in [5.41, 5.74) is 4.11. The number of carbonyl (C=O) groups excluding carboxylic acids is 1. The first-order valence-electron chi connectivity index (χ1n) is 13.8. The number of hydrogen-bond acceptors (Lipinski definition) is 8. The Balaban J connectivity index is 1.11. The standard InChI is InChI=1S/C31H27Cl2N3O4S/c1-3-16-11-18(30(37)38-2)12-25-27(16)34-31(41-25)36-19-9-10-20(36)14-21(13-19)39-15-22-28(35-40-29(22)17-7-8-17)26-23(32)5-4-6-24(26)33/h1,4-6,11-12,17,19-21H,7-10,13-15H2,2H3/t19-,20+,21?. The fourth-order valence-electron chi connectivity index (χ4n) is 6.30. The van der Waals surface area contributed by atoms with Crippen molar-refractivity contribution in [2.45, 2.75) is 69.2 Å². The maximum absolute atomic E-state index is 12.2. The molecule has 3 aliphatic rings. The van der Waals surface area contributed by atoms with Crippen LogP contribution in [-0.2, 0) is 16.1 Å². The lowest BCUT2D eigenvalue weighted by atomic mass is 10.00. The van der Waals surface area contributed by atoms with Gasteiger partial charge in [-0.05, 0) is 62.8 Å². The second-order valence-electron chi connectivity index (χ2n) is 10.9. The average Bonchev–Trinajstić information content (AvgIpc) is 3.50. The molecular formula is C31H27Cl2N3O4S. The molecule has 4 aromatic rings. The van der Waals surface area contributed by atoms with E-state index in [4.69, 9.17) is 48.6 Å². The van der Waals surface area contributed by atoms with Crippen molar-refractivity contribution in [2.75, 3.05) is 12.0 Å². The van der Waals surface area contributed by atoms with E-state index in [1.54, 1.807) is 17.4 Å². The topological polar surface area (TPSA) is 77.7 Å². The molecule has 2 saturated heterocycles. The number of hydrogen-bond donors (Lipinski definition) is 0. The molecule has 10 heteroatoms. The van der Waals surface area contributed by atoms with Gasteiger partial charge in [0, 0.05) is 29.1 Å². The molecule has 2 aromatic carbocycles. The highest BCUT2D eigenvalue weighted by Gasteiger charge is 2.43. The predicted octanol–water partition coefficient (Wildman–Crippen LogP) is 7.62. The highest BCUT2D eigenvalue weighted by atomic mass is 35.5. The Morgan fingerprint density at radius 3 is 2.56 bits per heavy atom. The summed E-state index contributed by atoms with van der Waals surface area (Å²) < 4.78 is 18.2. The molecular weight excluding hydrogens is 581 g/mol. The molecule has 41 heavy (non-hydrogen) atoms. The van der Waals surface area contributed by atoms with Gasteiger partial charge < -0.3 is 18.9 Å². The number of rotatable bonds is 7. The molecule has 3 atom stereocenters. The van der Waals surface area contributed by atoms with Gasteiger partial charge in [-0.2, -0.15) is 0 Å². The van der Waals surface area contributed by atoms with Gasteiger partial charge in [-0.15, -0.1) is 6.42 Å². The van der Waals surface area contributed by atoms with E-state index >= 15 is 0 Å². The van der Waals surface area contributed by atoms with Crippen molar-refractivity contribution in [3.8, 4) is 23.6 Å². The van der Waals surface area contributed by atoms with Crippen molar-refractivity contribution in [3.05, 3.63) is 62.8 Å². The van der Waals surface area contributed by atoms with Gasteiger partial charge in [0.25, 0.3) is 0 Å². The van der Waals surface area contributed by atoms with E-state index in [1.807, 2.05) is 24.3 Å². The molecule has 4 heterocycles. The first-order chi connectivity index (χ1) is 19.9. The fraction of sp³-hybridized carbons (Fsp3) is 0.387. The second-order valence-corrected chi connectivity index (χ2v) is 12.8. The Kier molecular flexibility index (Phi) is 6.95. The zero-order valence-electron chi connectivity index (χ0n) is 22.4. The zero-order valence-corrected chi connectivity index (χ0v) is 24.7. The zero-order chi connectivity index (χ0) is 28.2. The molecule has 3 fully saturated rings. The third kappa shape index (κ3) is 4.79. The third-order valence-electron chi connectivity index (χ3n) is 8.40. The predicted molar refractivity (Wildman–Crippen MR) is 160 cm³/mol. The molecule has 0 N–H and O–H groups in total. The SMILES string of the molecule is C#Cc1cc(C(=O)OC)cc2sc(N3[C@@H]4CC[C@H]3CC(OCc3c(-c5c(Cl)cccc5Cl)noc3C3CC3)C4)nc12. The monoisotopic (exact) mass is 607 g/mol. The minimum atomic E-state index is -0.408. The van der Waals surface area contributed by atoms with Crippen LogP contribution in [0.25, 0.3) is 21.5 Å². The van der Waals surface area contributed by atoms with Gasteiger partial charge in [0.15, 0.2) is 5.13 Å². The summed E-state index contributed by atoms with van der Waals surface area (Å²) in [6, 6.07) is 9.59. The Hall–Kier alpha value is -3.09. The van der Waals surface area contributed by atoms with E-state index in [9.17, 15) is 4.79 Å². The first kappa shape index (κ1) is 26.8. The number of nitrogens with zero attached hydrogens (tertiary/aromatic N) is 3. The quantitative estimate of drug-likeness (QED) is 0.158. The summed E-state index contributed by atoms with van der Waals surface area (Å²) in [4.78, 5) is 19.6. The van der Waals surface area contributed by atoms with E-state index in [1.165, 1.54) is 7.11 Å². The summed E-state index contributed by atoms with van der Waals surface area (Å²) in [7, 11) is 1.37. The molecule has 7 nitrogen and oxygen atoms in total. The van der Waals surface area contributed by atoms with E-state index < -0.39 is 5.97 Å². The summed E-state index contributed by atoms with van der Waals surface area (Å²) in [5.74, 6) is 3.55. The van der Waals surface area contributed by atoms with E-state index in [2.05, 4.69) is 16.0 Å². The van der Waals surface area contributed by atoms with Crippen molar-refractivity contribution in [3.63, 3.8) is 0 Å². The van der Waals surface area contributed by atoms with Crippen LogP contribution in [0, 0.1) is 12.3 Å². The van der Waals surface area contributed by atoms with Gasteiger partial charge in [0.2, 0.25) is 0 Å². The van der Waals surface area contributed by atoms with Crippen molar-refractivity contribution in [1.29, 1.82) is 0 Å². The van der Waals surface area contributed by atoms with Gasteiger partial charge in [-0.1, -0.05) is 51.7 Å². The van der Waals surface area contributed by atoms with Gasteiger partial charge >= 0.3 is 5.97 Å². The molecule has 1 unspecified atom stereocenters.